The minimum absolute atomic E-state index is 0.513. The van der Waals surface area contributed by atoms with Gasteiger partial charge in [0.2, 0.25) is 0 Å². The summed E-state index contributed by atoms with van der Waals surface area (Å²) in [5.74, 6) is 3.23. The molecule has 2 heterocycles. The number of aromatic nitrogens is 3. The molecule has 136 valence electrons. The molecule has 0 bridgehead atoms. The summed E-state index contributed by atoms with van der Waals surface area (Å²) < 4.78 is 12.7. The molecule has 0 saturated carbocycles. The Kier molecular flexibility index (Phi) is 7.45. The maximum atomic E-state index is 5.56. The van der Waals surface area contributed by atoms with Crippen LogP contribution < -0.4 is 5.32 Å². The number of ether oxygens (including phenoxy) is 2. The van der Waals surface area contributed by atoms with E-state index in [2.05, 4.69) is 20.4 Å². The normalized spacial score (nSPS) is 18.4. The average Bonchev–Trinajstić information content (AvgIpc) is 3.17. The van der Waals surface area contributed by atoms with Crippen molar-refractivity contribution >= 4 is 5.96 Å². The molecule has 1 fully saturated rings. The van der Waals surface area contributed by atoms with Crippen molar-refractivity contribution in [2.75, 3.05) is 46.6 Å². The lowest BCUT2D eigenvalue weighted by Gasteiger charge is -2.22. The predicted molar refractivity (Wildman–Crippen MR) is 92.9 cm³/mol. The van der Waals surface area contributed by atoms with Crippen LogP contribution in [0.3, 0.4) is 0 Å². The Balaban J connectivity index is 1.98. The van der Waals surface area contributed by atoms with Crippen LogP contribution in [0.15, 0.2) is 4.99 Å². The molecule has 0 radical (unpaired) electrons. The molecule has 1 N–H and O–H groups in total. The van der Waals surface area contributed by atoms with Crippen molar-refractivity contribution in [3.8, 4) is 0 Å². The first-order valence-electron chi connectivity index (χ1n) is 8.60. The van der Waals surface area contributed by atoms with Crippen molar-refractivity contribution in [1.82, 2.24) is 25.0 Å². The Labute approximate surface area is 144 Å². The second-order valence-corrected chi connectivity index (χ2v) is 6.04. The number of aliphatic imine (C=N–C) groups is 1. The van der Waals surface area contributed by atoms with Crippen LogP contribution in [-0.2, 0) is 23.1 Å². The topological polar surface area (TPSA) is 76.8 Å². The van der Waals surface area contributed by atoms with Crippen molar-refractivity contribution in [2.45, 2.75) is 26.8 Å². The maximum absolute atomic E-state index is 5.56. The van der Waals surface area contributed by atoms with E-state index in [0.717, 1.165) is 56.9 Å². The zero-order valence-electron chi connectivity index (χ0n) is 15.3. The average molecular weight is 338 g/mol. The summed E-state index contributed by atoms with van der Waals surface area (Å²) in [6.07, 6.45) is 1.13. The summed E-state index contributed by atoms with van der Waals surface area (Å²) in [4.78, 5) is 7.04. The van der Waals surface area contributed by atoms with Crippen molar-refractivity contribution in [3.63, 3.8) is 0 Å². The van der Waals surface area contributed by atoms with E-state index in [1.54, 1.807) is 7.11 Å². The van der Waals surface area contributed by atoms with Gasteiger partial charge in [0.25, 0.3) is 0 Å². The lowest BCUT2D eigenvalue weighted by molar-refractivity contribution is 0.114. The van der Waals surface area contributed by atoms with Crippen LogP contribution in [0.2, 0.25) is 0 Å². The third-order valence-electron chi connectivity index (χ3n) is 4.29. The zero-order chi connectivity index (χ0) is 17.4. The van der Waals surface area contributed by atoms with Crippen LogP contribution in [0.4, 0.5) is 0 Å². The van der Waals surface area contributed by atoms with Gasteiger partial charge in [0.05, 0.1) is 13.2 Å². The first-order chi connectivity index (χ1) is 11.7. The molecule has 1 aliphatic rings. The molecule has 0 aliphatic carbocycles. The van der Waals surface area contributed by atoms with Crippen molar-refractivity contribution in [3.05, 3.63) is 11.6 Å². The SMILES string of the molecule is CCOCC1CCN(C(=NCc2nnc(C)n2C)NCCOC)C1. The lowest BCUT2D eigenvalue weighted by atomic mass is 10.1. The number of guanidine groups is 1. The largest absolute Gasteiger partial charge is 0.383 e. The minimum atomic E-state index is 0.513. The smallest absolute Gasteiger partial charge is 0.194 e. The van der Waals surface area contributed by atoms with Crippen LogP contribution in [-0.4, -0.2) is 72.2 Å². The minimum Gasteiger partial charge on any atom is -0.383 e. The van der Waals surface area contributed by atoms with E-state index in [1.807, 2.05) is 25.5 Å². The van der Waals surface area contributed by atoms with Gasteiger partial charge >= 0.3 is 0 Å². The number of aryl methyl sites for hydroxylation is 1. The first-order valence-corrected chi connectivity index (χ1v) is 8.60. The molecule has 1 aromatic heterocycles. The van der Waals surface area contributed by atoms with Gasteiger partial charge in [-0.3, -0.25) is 0 Å². The Bertz CT molecular complexity index is 531. The van der Waals surface area contributed by atoms with Crippen molar-refractivity contribution in [2.24, 2.45) is 18.0 Å². The fraction of sp³-hybridized carbons (Fsp3) is 0.812. The van der Waals surface area contributed by atoms with Gasteiger partial charge in [0.1, 0.15) is 12.4 Å². The summed E-state index contributed by atoms with van der Waals surface area (Å²) in [6.45, 7) is 9.43. The number of methoxy groups -OCH3 is 1. The fourth-order valence-corrected chi connectivity index (χ4v) is 2.71. The first kappa shape index (κ1) is 18.7. The second-order valence-electron chi connectivity index (χ2n) is 6.04. The quantitative estimate of drug-likeness (QED) is 0.424. The number of nitrogens with zero attached hydrogens (tertiary/aromatic N) is 5. The zero-order valence-corrected chi connectivity index (χ0v) is 15.3. The molecule has 1 atom stereocenters. The van der Waals surface area contributed by atoms with Crippen molar-refractivity contribution < 1.29 is 9.47 Å². The highest BCUT2D eigenvalue weighted by molar-refractivity contribution is 5.80. The highest BCUT2D eigenvalue weighted by Crippen LogP contribution is 2.17. The molecule has 0 spiro atoms. The fourth-order valence-electron chi connectivity index (χ4n) is 2.71. The lowest BCUT2D eigenvalue weighted by Crippen LogP contribution is -2.41. The third-order valence-corrected chi connectivity index (χ3v) is 4.29. The summed E-state index contributed by atoms with van der Waals surface area (Å²) in [7, 11) is 3.67. The number of rotatable bonds is 8. The molecule has 2 rings (SSSR count). The van der Waals surface area contributed by atoms with Crippen LogP contribution in [0.1, 0.15) is 25.0 Å². The number of hydrogen-bond acceptors (Lipinski definition) is 5. The molecule has 1 aliphatic heterocycles. The van der Waals surface area contributed by atoms with E-state index < -0.39 is 0 Å². The van der Waals surface area contributed by atoms with Gasteiger partial charge in [-0.2, -0.15) is 0 Å². The number of likely N-dealkylation sites (tertiary alicyclic amines) is 1. The highest BCUT2D eigenvalue weighted by Gasteiger charge is 2.25. The van der Waals surface area contributed by atoms with Crippen LogP contribution >= 0.6 is 0 Å². The van der Waals surface area contributed by atoms with E-state index in [-0.39, 0.29) is 0 Å². The third kappa shape index (κ3) is 5.17. The van der Waals surface area contributed by atoms with Crippen LogP contribution in [0.25, 0.3) is 0 Å². The standard InChI is InChI=1S/C16H30N6O2/c1-5-24-12-14-6-8-22(11-14)16(17-7-9-23-4)18-10-15-20-19-13(2)21(15)3/h14H,5-12H2,1-4H3,(H,17,18). The summed E-state index contributed by atoms with van der Waals surface area (Å²) >= 11 is 0. The number of hydrogen-bond donors (Lipinski definition) is 1. The van der Waals surface area contributed by atoms with Gasteiger partial charge in [-0.25, -0.2) is 4.99 Å². The predicted octanol–water partition coefficient (Wildman–Crippen LogP) is 0.574. The second kappa shape index (κ2) is 9.58. The van der Waals surface area contributed by atoms with Gasteiger partial charge in [-0.05, 0) is 20.3 Å². The molecule has 1 saturated heterocycles. The Hall–Kier alpha value is -1.67. The summed E-state index contributed by atoms with van der Waals surface area (Å²) in [5, 5.41) is 11.7. The Morgan fingerprint density at radius 1 is 1.42 bits per heavy atom. The molecule has 1 aromatic rings. The van der Waals surface area contributed by atoms with E-state index in [1.165, 1.54) is 0 Å². The van der Waals surface area contributed by atoms with Gasteiger partial charge in [0, 0.05) is 46.3 Å². The Morgan fingerprint density at radius 2 is 2.25 bits per heavy atom. The van der Waals surface area contributed by atoms with E-state index in [0.29, 0.717) is 19.1 Å². The molecule has 8 nitrogen and oxygen atoms in total. The molecule has 0 amide bonds. The summed E-state index contributed by atoms with van der Waals surface area (Å²) in [5.41, 5.74) is 0. The Morgan fingerprint density at radius 3 is 2.92 bits per heavy atom. The highest BCUT2D eigenvalue weighted by atomic mass is 16.5. The van der Waals surface area contributed by atoms with E-state index in [4.69, 9.17) is 14.5 Å². The van der Waals surface area contributed by atoms with Gasteiger partial charge in [-0.1, -0.05) is 0 Å². The molecule has 24 heavy (non-hydrogen) atoms. The van der Waals surface area contributed by atoms with E-state index in [9.17, 15) is 0 Å². The van der Waals surface area contributed by atoms with Gasteiger partial charge < -0.3 is 24.3 Å². The van der Waals surface area contributed by atoms with Crippen LogP contribution in [0, 0.1) is 12.8 Å². The number of nitrogens with one attached hydrogen (secondary N) is 1. The molecular weight excluding hydrogens is 308 g/mol. The maximum Gasteiger partial charge on any atom is 0.194 e. The van der Waals surface area contributed by atoms with E-state index >= 15 is 0 Å². The molecule has 1 unspecified atom stereocenters. The van der Waals surface area contributed by atoms with Gasteiger partial charge in [-0.15, -0.1) is 10.2 Å². The molecule has 8 heteroatoms. The van der Waals surface area contributed by atoms with Crippen LogP contribution in [0.5, 0.6) is 0 Å². The molecular formula is C16H30N6O2. The monoisotopic (exact) mass is 338 g/mol. The van der Waals surface area contributed by atoms with Crippen molar-refractivity contribution in [1.29, 1.82) is 0 Å². The molecule has 0 aromatic carbocycles. The summed E-state index contributed by atoms with van der Waals surface area (Å²) in [6, 6.07) is 0. The van der Waals surface area contributed by atoms with Gasteiger partial charge in [0.15, 0.2) is 11.8 Å².